The highest BCUT2D eigenvalue weighted by Gasteiger charge is 2.20. The van der Waals surface area contributed by atoms with E-state index in [9.17, 15) is 4.39 Å². The Morgan fingerprint density at radius 2 is 1.96 bits per heavy atom. The van der Waals surface area contributed by atoms with Crippen molar-refractivity contribution in [1.29, 1.82) is 0 Å². The molecule has 0 radical (unpaired) electrons. The van der Waals surface area contributed by atoms with Crippen LogP contribution < -0.4 is 5.32 Å². The summed E-state index contributed by atoms with van der Waals surface area (Å²) in [6, 6.07) is 6.23. The highest BCUT2D eigenvalue weighted by molar-refractivity contribution is 5.85. The number of piperidine rings is 1. The molecule has 3 rings (SSSR count). The third-order valence-electron chi connectivity index (χ3n) is 4.42. The number of likely N-dealkylation sites (tertiary alicyclic amines) is 1. The van der Waals surface area contributed by atoms with E-state index in [0.29, 0.717) is 5.89 Å². The molecule has 1 aliphatic heterocycles. The van der Waals surface area contributed by atoms with E-state index in [1.54, 1.807) is 18.4 Å². The first-order valence-corrected chi connectivity index (χ1v) is 8.38. The van der Waals surface area contributed by atoms with E-state index in [4.69, 9.17) is 4.42 Å². The van der Waals surface area contributed by atoms with Crippen LogP contribution in [0.15, 0.2) is 34.9 Å². The number of hydrogen-bond donors (Lipinski definition) is 1. The van der Waals surface area contributed by atoms with Crippen LogP contribution in [-0.2, 0) is 6.54 Å². The molecule has 0 aliphatic carbocycles. The number of halogens is 2. The van der Waals surface area contributed by atoms with Gasteiger partial charge in [0.1, 0.15) is 12.1 Å². The van der Waals surface area contributed by atoms with E-state index >= 15 is 0 Å². The fraction of sp³-hybridized carbons (Fsp3) is 0.500. The van der Waals surface area contributed by atoms with E-state index in [0.717, 1.165) is 49.9 Å². The molecule has 0 spiro atoms. The Bertz CT molecular complexity index is 609. The van der Waals surface area contributed by atoms with Crippen LogP contribution >= 0.6 is 12.4 Å². The Labute approximate surface area is 148 Å². The molecule has 1 aromatic heterocycles. The molecule has 0 amide bonds. The van der Waals surface area contributed by atoms with Crippen molar-refractivity contribution in [3.8, 4) is 11.5 Å². The summed E-state index contributed by atoms with van der Waals surface area (Å²) in [4.78, 5) is 6.96. The molecule has 0 atom stereocenters. The third-order valence-corrected chi connectivity index (χ3v) is 4.42. The average molecular weight is 354 g/mol. The van der Waals surface area contributed by atoms with Gasteiger partial charge in [0.05, 0.1) is 5.69 Å². The van der Waals surface area contributed by atoms with E-state index in [-0.39, 0.29) is 18.2 Å². The zero-order valence-electron chi connectivity index (χ0n) is 14.0. The maximum absolute atomic E-state index is 13.0. The number of hydrogen-bond acceptors (Lipinski definition) is 4. The van der Waals surface area contributed by atoms with Gasteiger partial charge in [0.25, 0.3) is 0 Å². The van der Waals surface area contributed by atoms with E-state index in [1.165, 1.54) is 25.0 Å². The summed E-state index contributed by atoms with van der Waals surface area (Å²) in [6.07, 6.45) is 4.18. The number of nitrogens with zero attached hydrogens (tertiary/aromatic N) is 2. The molecule has 0 unspecified atom stereocenters. The van der Waals surface area contributed by atoms with Gasteiger partial charge in [-0.2, -0.15) is 0 Å². The van der Waals surface area contributed by atoms with Gasteiger partial charge in [-0.1, -0.05) is 6.92 Å². The zero-order valence-corrected chi connectivity index (χ0v) is 14.8. The van der Waals surface area contributed by atoms with Gasteiger partial charge in [-0.05, 0) is 69.2 Å². The Morgan fingerprint density at radius 1 is 1.25 bits per heavy atom. The van der Waals surface area contributed by atoms with E-state index < -0.39 is 0 Å². The predicted molar refractivity (Wildman–Crippen MR) is 95.7 cm³/mol. The van der Waals surface area contributed by atoms with Crippen LogP contribution in [0.4, 0.5) is 4.39 Å². The zero-order chi connectivity index (χ0) is 16.1. The minimum Gasteiger partial charge on any atom is -0.444 e. The van der Waals surface area contributed by atoms with Gasteiger partial charge < -0.3 is 9.73 Å². The molecule has 2 heterocycles. The lowest BCUT2D eigenvalue weighted by Crippen LogP contribution is -2.36. The van der Waals surface area contributed by atoms with Crippen LogP contribution in [0.5, 0.6) is 0 Å². The molecule has 1 saturated heterocycles. The first-order valence-electron chi connectivity index (χ1n) is 8.38. The van der Waals surface area contributed by atoms with Gasteiger partial charge in [-0.3, -0.25) is 4.90 Å². The molecule has 0 bridgehead atoms. The van der Waals surface area contributed by atoms with Crippen molar-refractivity contribution in [1.82, 2.24) is 15.2 Å². The van der Waals surface area contributed by atoms with Crippen molar-refractivity contribution in [2.45, 2.75) is 26.3 Å². The summed E-state index contributed by atoms with van der Waals surface area (Å²) in [5.41, 5.74) is 1.75. The molecular weight excluding hydrogens is 329 g/mol. The maximum atomic E-state index is 13.0. The summed E-state index contributed by atoms with van der Waals surface area (Å²) in [6.45, 7) is 7.36. The van der Waals surface area contributed by atoms with Crippen LogP contribution in [0.3, 0.4) is 0 Å². The van der Waals surface area contributed by atoms with Crippen LogP contribution in [0.25, 0.3) is 11.5 Å². The highest BCUT2D eigenvalue weighted by Crippen LogP contribution is 2.22. The molecule has 24 heavy (non-hydrogen) atoms. The van der Waals surface area contributed by atoms with Crippen molar-refractivity contribution in [2.75, 3.05) is 26.2 Å². The first kappa shape index (κ1) is 18.9. The second-order valence-corrected chi connectivity index (χ2v) is 6.18. The molecule has 1 aromatic carbocycles. The van der Waals surface area contributed by atoms with Crippen molar-refractivity contribution in [3.05, 3.63) is 42.0 Å². The topological polar surface area (TPSA) is 41.3 Å². The van der Waals surface area contributed by atoms with Gasteiger partial charge in [-0.25, -0.2) is 9.37 Å². The van der Waals surface area contributed by atoms with Crippen LogP contribution in [0.1, 0.15) is 25.5 Å². The number of rotatable bonds is 6. The summed E-state index contributed by atoms with van der Waals surface area (Å²) >= 11 is 0. The second-order valence-electron chi connectivity index (χ2n) is 6.18. The minimum absolute atomic E-state index is 0. The van der Waals surface area contributed by atoms with Crippen LogP contribution in [0.2, 0.25) is 0 Å². The normalized spacial score (nSPS) is 16.1. The Hall–Kier alpha value is -1.43. The standard InChI is InChI=1S/C18H24FN3O.ClH/c1-2-20-11-14-7-9-22(10-8-14)12-17-13-23-18(21-17)15-3-5-16(19)6-4-15;/h3-6,13-14,20H,2,7-12H2,1H3;1H. The molecule has 1 fully saturated rings. The van der Waals surface area contributed by atoms with Crippen LogP contribution in [-0.4, -0.2) is 36.1 Å². The molecule has 0 saturated carbocycles. The van der Waals surface area contributed by atoms with Gasteiger partial charge in [0.2, 0.25) is 5.89 Å². The average Bonchev–Trinajstić information content (AvgIpc) is 3.03. The predicted octanol–water partition coefficient (Wildman–Crippen LogP) is 3.72. The summed E-state index contributed by atoms with van der Waals surface area (Å²) in [7, 11) is 0. The fourth-order valence-electron chi connectivity index (χ4n) is 3.03. The lowest BCUT2D eigenvalue weighted by molar-refractivity contribution is 0.174. The Kier molecular flexibility index (Phi) is 7.21. The quantitative estimate of drug-likeness (QED) is 0.859. The van der Waals surface area contributed by atoms with Crippen molar-refractivity contribution < 1.29 is 8.81 Å². The van der Waals surface area contributed by atoms with Gasteiger partial charge in [0, 0.05) is 12.1 Å². The smallest absolute Gasteiger partial charge is 0.226 e. The third kappa shape index (κ3) is 5.03. The number of aromatic nitrogens is 1. The monoisotopic (exact) mass is 353 g/mol. The number of benzene rings is 1. The van der Waals surface area contributed by atoms with E-state index in [1.807, 2.05) is 0 Å². The molecule has 6 heteroatoms. The fourth-order valence-corrected chi connectivity index (χ4v) is 3.03. The van der Waals surface area contributed by atoms with Gasteiger partial charge in [-0.15, -0.1) is 12.4 Å². The van der Waals surface area contributed by atoms with Crippen LogP contribution in [0, 0.1) is 11.7 Å². The summed E-state index contributed by atoms with van der Waals surface area (Å²) < 4.78 is 18.5. The van der Waals surface area contributed by atoms with Crippen molar-refractivity contribution in [3.63, 3.8) is 0 Å². The molecule has 132 valence electrons. The Morgan fingerprint density at radius 3 is 2.62 bits per heavy atom. The maximum Gasteiger partial charge on any atom is 0.226 e. The van der Waals surface area contributed by atoms with Crippen molar-refractivity contribution >= 4 is 12.4 Å². The molecule has 4 nitrogen and oxygen atoms in total. The lowest BCUT2D eigenvalue weighted by atomic mass is 9.97. The molecular formula is C18H25ClFN3O. The van der Waals surface area contributed by atoms with E-state index in [2.05, 4.69) is 22.1 Å². The molecule has 2 aromatic rings. The number of oxazole rings is 1. The van der Waals surface area contributed by atoms with Gasteiger partial charge in [0.15, 0.2) is 0 Å². The SMILES string of the molecule is CCNCC1CCN(Cc2coc(-c3ccc(F)cc3)n2)CC1.Cl. The lowest BCUT2D eigenvalue weighted by Gasteiger charge is -2.31. The van der Waals surface area contributed by atoms with Gasteiger partial charge >= 0.3 is 0 Å². The molecule has 1 N–H and O–H groups in total. The number of nitrogens with one attached hydrogen (secondary N) is 1. The molecule has 1 aliphatic rings. The van der Waals surface area contributed by atoms with Crippen molar-refractivity contribution in [2.24, 2.45) is 5.92 Å². The first-order chi connectivity index (χ1) is 11.2. The minimum atomic E-state index is -0.249. The summed E-state index contributed by atoms with van der Waals surface area (Å²) in [5.74, 6) is 1.10. The second kappa shape index (κ2) is 9.16. The highest BCUT2D eigenvalue weighted by atomic mass is 35.5. The largest absolute Gasteiger partial charge is 0.444 e. The summed E-state index contributed by atoms with van der Waals surface area (Å²) in [5, 5.41) is 3.44. The Balaban J connectivity index is 0.00000208.